The van der Waals surface area contributed by atoms with Gasteiger partial charge in [-0.15, -0.1) is 0 Å². The summed E-state index contributed by atoms with van der Waals surface area (Å²) in [7, 11) is 0. The molecule has 2 rings (SSSR count). The summed E-state index contributed by atoms with van der Waals surface area (Å²) in [5, 5.41) is 0. The molecule has 1 aromatic rings. The molecule has 0 radical (unpaired) electrons. The number of hydrogen-bond donors (Lipinski definition) is 0. The first-order chi connectivity index (χ1) is 9.79. The van der Waals surface area contributed by atoms with E-state index in [-0.39, 0.29) is 11.9 Å². The van der Waals surface area contributed by atoms with Crippen molar-refractivity contribution in [3.8, 4) is 0 Å². The smallest absolute Gasteiger partial charge is 0.417 e. The predicted octanol–water partition coefficient (Wildman–Crippen LogP) is 2.74. The molecule has 1 fully saturated rings. The standard InChI is InChI=1S/C16H21NO4/c1-11-13(20-10-12-8-6-5-7-9-12)14(18)17(11)15(19)21-16(2,3)4/h5-9,11,13H,10H2,1-4H3/t11-,13+/m0/s1. The molecule has 1 saturated heterocycles. The number of likely N-dealkylation sites (tertiary alicyclic amines) is 1. The Morgan fingerprint density at radius 2 is 1.86 bits per heavy atom. The number of rotatable bonds is 3. The Kier molecular flexibility index (Phi) is 4.32. The summed E-state index contributed by atoms with van der Waals surface area (Å²) in [6.45, 7) is 7.43. The van der Waals surface area contributed by atoms with E-state index in [0.29, 0.717) is 6.61 Å². The molecular formula is C16H21NO4. The minimum absolute atomic E-state index is 0.309. The van der Waals surface area contributed by atoms with Gasteiger partial charge >= 0.3 is 6.09 Å². The fourth-order valence-electron chi connectivity index (χ4n) is 2.14. The van der Waals surface area contributed by atoms with Crippen molar-refractivity contribution in [2.24, 2.45) is 0 Å². The van der Waals surface area contributed by atoms with Gasteiger partial charge in [-0.1, -0.05) is 30.3 Å². The van der Waals surface area contributed by atoms with Crippen LogP contribution < -0.4 is 0 Å². The molecule has 1 aliphatic heterocycles. The van der Waals surface area contributed by atoms with E-state index in [1.54, 1.807) is 27.7 Å². The Balaban J connectivity index is 1.89. The predicted molar refractivity (Wildman–Crippen MR) is 77.6 cm³/mol. The number of ether oxygens (including phenoxy) is 2. The third kappa shape index (κ3) is 3.61. The lowest BCUT2D eigenvalue weighted by Gasteiger charge is -2.43. The van der Waals surface area contributed by atoms with Crippen molar-refractivity contribution < 1.29 is 19.1 Å². The van der Waals surface area contributed by atoms with Crippen LogP contribution in [0.2, 0.25) is 0 Å². The molecule has 2 atom stereocenters. The maximum atomic E-state index is 12.0. The molecule has 0 N–H and O–H groups in total. The van der Waals surface area contributed by atoms with Crippen LogP contribution in [0.25, 0.3) is 0 Å². The van der Waals surface area contributed by atoms with E-state index in [9.17, 15) is 9.59 Å². The average Bonchev–Trinajstić information content (AvgIpc) is 2.38. The molecule has 1 aliphatic rings. The van der Waals surface area contributed by atoms with Crippen LogP contribution in [0, 0.1) is 0 Å². The quantitative estimate of drug-likeness (QED) is 0.804. The highest BCUT2D eigenvalue weighted by Gasteiger charge is 2.50. The van der Waals surface area contributed by atoms with Gasteiger partial charge in [0.05, 0.1) is 12.6 Å². The molecular weight excluding hydrogens is 270 g/mol. The number of benzene rings is 1. The van der Waals surface area contributed by atoms with Crippen molar-refractivity contribution in [1.82, 2.24) is 4.90 Å². The zero-order valence-corrected chi connectivity index (χ0v) is 12.8. The summed E-state index contributed by atoms with van der Waals surface area (Å²) < 4.78 is 10.8. The van der Waals surface area contributed by atoms with E-state index in [1.807, 2.05) is 30.3 Å². The second kappa shape index (κ2) is 5.85. The van der Waals surface area contributed by atoms with E-state index in [2.05, 4.69) is 0 Å². The number of carbonyl (C=O) groups is 2. The number of carbonyl (C=O) groups excluding carboxylic acids is 2. The zero-order valence-electron chi connectivity index (χ0n) is 12.8. The Morgan fingerprint density at radius 1 is 1.24 bits per heavy atom. The van der Waals surface area contributed by atoms with Crippen molar-refractivity contribution in [1.29, 1.82) is 0 Å². The molecule has 0 unspecified atom stereocenters. The minimum Gasteiger partial charge on any atom is -0.443 e. The van der Waals surface area contributed by atoms with Crippen LogP contribution in [0.5, 0.6) is 0 Å². The van der Waals surface area contributed by atoms with Gasteiger partial charge in [0, 0.05) is 0 Å². The van der Waals surface area contributed by atoms with Crippen molar-refractivity contribution in [2.45, 2.75) is 52.0 Å². The normalized spacial score (nSPS) is 21.9. The highest BCUT2D eigenvalue weighted by molar-refractivity contribution is 6.01. The van der Waals surface area contributed by atoms with Crippen molar-refractivity contribution >= 4 is 12.0 Å². The number of imide groups is 1. The highest BCUT2D eigenvalue weighted by Crippen LogP contribution is 2.26. The van der Waals surface area contributed by atoms with Gasteiger partial charge in [-0.2, -0.15) is 0 Å². The van der Waals surface area contributed by atoms with Gasteiger partial charge in [-0.3, -0.25) is 4.79 Å². The Labute approximate surface area is 124 Å². The maximum Gasteiger partial charge on any atom is 0.417 e. The minimum atomic E-state index is -0.618. The van der Waals surface area contributed by atoms with Gasteiger partial charge in [0.25, 0.3) is 5.91 Å². The van der Waals surface area contributed by atoms with Crippen molar-refractivity contribution in [3.05, 3.63) is 35.9 Å². The van der Waals surface area contributed by atoms with Crippen molar-refractivity contribution in [2.75, 3.05) is 0 Å². The Morgan fingerprint density at radius 3 is 2.38 bits per heavy atom. The number of hydrogen-bond acceptors (Lipinski definition) is 4. The lowest BCUT2D eigenvalue weighted by atomic mass is 10.0. The van der Waals surface area contributed by atoms with Crippen LogP contribution in [-0.2, 0) is 20.9 Å². The van der Waals surface area contributed by atoms with Gasteiger partial charge in [-0.05, 0) is 33.3 Å². The second-order valence-electron chi connectivity index (χ2n) is 6.15. The van der Waals surface area contributed by atoms with E-state index in [1.165, 1.54) is 0 Å². The number of amides is 2. The van der Waals surface area contributed by atoms with E-state index >= 15 is 0 Å². The van der Waals surface area contributed by atoms with E-state index in [0.717, 1.165) is 10.5 Å². The van der Waals surface area contributed by atoms with Gasteiger partial charge in [-0.25, -0.2) is 9.69 Å². The fourth-order valence-corrected chi connectivity index (χ4v) is 2.14. The van der Waals surface area contributed by atoms with Crippen LogP contribution in [-0.4, -0.2) is 34.6 Å². The largest absolute Gasteiger partial charge is 0.443 e. The average molecular weight is 291 g/mol. The number of nitrogens with zero attached hydrogens (tertiary/aromatic N) is 1. The summed E-state index contributed by atoms with van der Waals surface area (Å²) in [5.41, 5.74) is 0.376. The topological polar surface area (TPSA) is 55.8 Å². The van der Waals surface area contributed by atoms with E-state index in [4.69, 9.17) is 9.47 Å². The van der Waals surface area contributed by atoms with Crippen LogP contribution in [0.15, 0.2) is 30.3 Å². The Bertz CT molecular complexity index is 521. The van der Waals surface area contributed by atoms with Gasteiger partial charge < -0.3 is 9.47 Å². The first-order valence-corrected chi connectivity index (χ1v) is 7.01. The molecule has 2 amide bonds. The molecule has 114 valence electrons. The van der Waals surface area contributed by atoms with Gasteiger partial charge in [0.1, 0.15) is 5.60 Å². The molecule has 5 heteroatoms. The van der Waals surface area contributed by atoms with Crippen molar-refractivity contribution in [3.63, 3.8) is 0 Å². The lowest BCUT2D eigenvalue weighted by Crippen LogP contribution is -2.66. The molecule has 0 spiro atoms. The molecule has 5 nitrogen and oxygen atoms in total. The Hall–Kier alpha value is -1.88. The van der Waals surface area contributed by atoms with Crippen LogP contribution in [0.4, 0.5) is 4.79 Å². The van der Waals surface area contributed by atoms with Crippen LogP contribution in [0.1, 0.15) is 33.3 Å². The number of β-lactam (4-membered cyclic amide) rings is 1. The molecule has 1 aromatic carbocycles. The van der Waals surface area contributed by atoms with Gasteiger partial charge in [0.2, 0.25) is 0 Å². The maximum absolute atomic E-state index is 12.0. The molecule has 1 heterocycles. The van der Waals surface area contributed by atoms with E-state index < -0.39 is 17.8 Å². The van der Waals surface area contributed by atoms with Crippen LogP contribution in [0.3, 0.4) is 0 Å². The summed E-state index contributed by atoms with van der Waals surface area (Å²) in [6.07, 6.45) is -1.20. The molecule has 0 saturated carbocycles. The lowest BCUT2D eigenvalue weighted by molar-refractivity contribution is -0.170. The third-order valence-electron chi connectivity index (χ3n) is 3.19. The summed E-state index contributed by atoms with van der Waals surface area (Å²) in [5.74, 6) is -0.340. The van der Waals surface area contributed by atoms with Crippen LogP contribution >= 0.6 is 0 Å². The molecule has 21 heavy (non-hydrogen) atoms. The fraction of sp³-hybridized carbons (Fsp3) is 0.500. The molecule has 0 bridgehead atoms. The highest BCUT2D eigenvalue weighted by atomic mass is 16.6. The first kappa shape index (κ1) is 15.5. The third-order valence-corrected chi connectivity index (χ3v) is 3.19. The summed E-state index contributed by atoms with van der Waals surface area (Å²) >= 11 is 0. The zero-order chi connectivity index (χ0) is 15.6. The molecule has 0 aliphatic carbocycles. The monoisotopic (exact) mass is 291 g/mol. The summed E-state index contributed by atoms with van der Waals surface area (Å²) in [6, 6.07) is 9.30. The SMILES string of the molecule is C[C@H]1[C@@H](OCc2ccccc2)C(=O)N1C(=O)OC(C)(C)C. The second-order valence-corrected chi connectivity index (χ2v) is 6.15. The summed E-state index contributed by atoms with van der Waals surface area (Å²) in [4.78, 5) is 25.0. The molecule has 0 aromatic heterocycles. The first-order valence-electron chi connectivity index (χ1n) is 7.01. The van der Waals surface area contributed by atoms with Gasteiger partial charge in [0.15, 0.2) is 6.10 Å².